The third-order valence-corrected chi connectivity index (χ3v) is 2.26. The van der Waals surface area contributed by atoms with E-state index in [0.29, 0.717) is 6.04 Å². The Morgan fingerprint density at radius 2 is 1.91 bits per heavy atom. The Kier molecular flexibility index (Phi) is 2.94. The van der Waals surface area contributed by atoms with Crippen molar-refractivity contribution in [3.63, 3.8) is 0 Å². The average Bonchev–Trinajstić information content (AvgIpc) is 2.45. The van der Waals surface area contributed by atoms with Crippen LogP contribution in [0.4, 0.5) is 0 Å². The van der Waals surface area contributed by atoms with E-state index in [9.17, 15) is 0 Å². The molecule has 1 aliphatic heterocycles. The highest BCUT2D eigenvalue weighted by Crippen LogP contribution is 2.16. The van der Waals surface area contributed by atoms with Crippen LogP contribution in [-0.4, -0.2) is 29.1 Å². The molecule has 1 unspecified atom stereocenters. The third kappa shape index (κ3) is 1.56. The normalized spacial score (nSPS) is 25.0. The van der Waals surface area contributed by atoms with E-state index in [1.54, 1.807) is 0 Å². The van der Waals surface area contributed by atoms with Gasteiger partial charge in [-0.15, -0.1) is 0 Å². The minimum absolute atomic E-state index is 0.639. The standard InChI is InChI=1S/C9H18N2/c1-4-9-7-8-10(5-2)11(9)6-3/h7-9H,4-6H2,1-3H3. The first kappa shape index (κ1) is 8.60. The first-order chi connectivity index (χ1) is 5.33. The fourth-order valence-electron chi connectivity index (χ4n) is 1.62. The molecule has 0 saturated heterocycles. The van der Waals surface area contributed by atoms with Gasteiger partial charge in [-0.2, -0.15) is 0 Å². The second kappa shape index (κ2) is 3.77. The lowest BCUT2D eigenvalue weighted by Crippen LogP contribution is -2.40. The van der Waals surface area contributed by atoms with Gasteiger partial charge in [0.25, 0.3) is 0 Å². The molecule has 0 aromatic carbocycles. The van der Waals surface area contributed by atoms with Crippen molar-refractivity contribution in [1.82, 2.24) is 10.0 Å². The highest BCUT2D eigenvalue weighted by molar-refractivity contribution is 4.99. The van der Waals surface area contributed by atoms with E-state index < -0.39 is 0 Å². The SMILES string of the molecule is CCC1C=CN(CC)N1CC. The molecule has 2 nitrogen and oxygen atoms in total. The Labute approximate surface area is 69.5 Å². The first-order valence-corrected chi connectivity index (χ1v) is 4.55. The molecule has 2 heteroatoms. The van der Waals surface area contributed by atoms with Gasteiger partial charge in [0.2, 0.25) is 0 Å². The maximum atomic E-state index is 2.40. The van der Waals surface area contributed by atoms with Crippen LogP contribution in [0.15, 0.2) is 12.3 Å². The predicted molar refractivity (Wildman–Crippen MR) is 48.0 cm³/mol. The number of likely N-dealkylation sites (N-methyl/N-ethyl adjacent to an activating group) is 1. The molecule has 0 N–H and O–H groups in total. The molecular weight excluding hydrogens is 136 g/mol. The van der Waals surface area contributed by atoms with Gasteiger partial charge >= 0.3 is 0 Å². The summed E-state index contributed by atoms with van der Waals surface area (Å²) in [5.41, 5.74) is 0. The van der Waals surface area contributed by atoms with E-state index in [0.717, 1.165) is 13.1 Å². The van der Waals surface area contributed by atoms with Crippen molar-refractivity contribution < 1.29 is 0 Å². The summed E-state index contributed by atoms with van der Waals surface area (Å²) in [6.07, 6.45) is 5.69. The van der Waals surface area contributed by atoms with Crippen LogP contribution in [0.2, 0.25) is 0 Å². The molecule has 0 bridgehead atoms. The summed E-state index contributed by atoms with van der Waals surface area (Å²) in [7, 11) is 0. The smallest absolute Gasteiger partial charge is 0.0487 e. The number of hydrazine groups is 1. The predicted octanol–water partition coefficient (Wildman–Crippen LogP) is 1.85. The zero-order valence-corrected chi connectivity index (χ0v) is 7.75. The molecule has 1 rings (SSSR count). The van der Waals surface area contributed by atoms with Crippen molar-refractivity contribution in [2.45, 2.75) is 33.2 Å². The summed E-state index contributed by atoms with van der Waals surface area (Å²) in [6, 6.07) is 0.639. The maximum Gasteiger partial charge on any atom is 0.0487 e. The average molecular weight is 154 g/mol. The van der Waals surface area contributed by atoms with Gasteiger partial charge in [-0.3, -0.25) is 0 Å². The Morgan fingerprint density at radius 1 is 1.18 bits per heavy atom. The van der Waals surface area contributed by atoms with Crippen molar-refractivity contribution in [2.75, 3.05) is 13.1 Å². The summed E-state index contributed by atoms with van der Waals surface area (Å²) in [5.74, 6) is 0. The Bertz CT molecular complexity index is 128. The van der Waals surface area contributed by atoms with Gasteiger partial charge in [-0.05, 0) is 19.4 Å². The molecule has 11 heavy (non-hydrogen) atoms. The highest BCUT2D eigenvalue weighted by Gasteiger charge is 2.21. The molecule has 0 saturated carbocycles. The fraction of sp³-hybridized carbons (Fsp3) is 0.778. The molecule has 1 heterocycles. The minimum atomic E-state index is 0.639. The van der Waals surface area contributed by atoms with Crippen LogP contribution in [0.25, 0.3) is 0 Å². The molecule has 1 atom stereocenters. The summed E-state index contributed by atoms with van der Waals surface area (Å²) in [6.45, 7) is 8.82. The van der Waals surface area contributed by atoms with Crippen molar-refractivity contribution >= 4 is 0 Å². The van der Waals surface area contributed by atoms with E-state index in [-0.39, 0.29) is 0 Å². The van der Waals surface area contributed by atoms with Gasteiger partial charge in [0.05, 0.1) is 0 Å². The van der Waals surface area contributed by atoms with E-state index in [4.69, 9.17) is 0 Å². The Hall–Kier alpha value is -0.500. The summed E-state index contributed by atoms with van der Waals surface area (Å²) >= 11 is 0. The van der Waals surface area contributed by atoms with Gasteiger partial charge < -0.3 is 5.01 Å². The molecular formula is C9H18N2. The molecule has 0 radical (unpaired) electrons. The molecule has 0 fully saturated rings. The summed E-state index contributed by atoms with van der Waals surface area (Å²) in [4.78, 5) is 0. The van der Waals surface area contributed by atoms with E-state index in [1.807, 2.05) is 0 Å². The fourth-order valence-corrected chi connectivity index (χ4v) is 1.62. The van der Waals surface area contributed by atoms with E-state index in [1.165, 1.54) is 6.42 Å². The van der Waals surface area contributed by atoms with E-state index >= 15 is 0 Å². The molecule has 0 aromatic rings. The second-order valence-electron chi connectivity index (χ2n) is 2.83. The van der Waals surface area contributed by atoms with Crippen LogP contribution >= 0.6 is 0 Å². The van der Waals surface area contributed by atoms with Crippen molar-refractivity contribution in [1.29, 1.82) is 0 Å². The van der Waals surface area contributed by atoms with Crippen molar-refractivity contribution in [3.8, 4) is 0 Å². The molecule has 0 aromatic heterocycles. The number of rotatable bonds is 3. The van der Waals surface area contributed by atoms with E-state index in [2.05, 4.69) is 43.1 Å². The molecule has 1 aliphatic rings. The molecule has 0 amide bonds. The minimum Gasteiger partial charge on any atom is -0.313 e. The van der Waals surface area contributed by atoms with Gasteiger partial charge in [-0.1, -0.05) is 13.8 Å². The highest BCUT2D eigenvalue weighted by atomic mass is 15.6. The van der Waals surface area contributed by atoms with Crippen LogP contribution in [-0.2, 0) is 0 Å². The van der Waals surface area contributed by atoms with Crippen LogP contribution in [0, 0.1) is 0 Å². The zero-order valence-electron chi connectivity index (χ0n) is 7.75. The Balaban J connectivity index is 2.54. The summed E-state index contributed by atoms with van der Waals surface area (Å²) in [5, 5.41) is 4.69. The molecule has 0 spiro atoms. The third-order valence-electron chi connectivity index (χ3n) is 2.26. The van der Waals surface area contributed by atoms with Gasteiger partial charge in [-0.25, -0.2) is 5.01 Å². The lowest BCUT2D eigenvalue weighted by Gasteiger charge is -2.31. The van der Waals surface area contributed by atoms with Gasteiger partial charge in [0.15, 0.2) is 0 Å². The van der Waals surface area contributed by atoms with Gasteiger partial charge in [0, 0.05) is 25.3 Å². The van der Waals surface area contributed by atoms with Crippen molar-refractivity contribution in [2.24, 2.45) is 0 Å². The largest absolute Gasteiger partial charge is 0.313 e. The zero-order chi connectivity index (χ0) is 8.27. The number of nitrogens with zero attached hydrogens (tertiary/aromatic N) is 2. The number of hydrogen-bond acceptors (Lipinski definition) is 2. The number of hydrogen-bond donors (Lipinski definition) is 0. The van der Waals surface area contributed by atoms with Crippen molar-refractivity contribution in [3.05, 3.63) is 12.3 Å². The monoisotopic (exact) mass is 154 g/mol. The van der Waals surface area contributed by atoms with Gasteiger partial charge in [0.1, 0.15) is 0 Å². The molecule has 64 valence electrons. The quantitative estimate of drug-likeness (QED) is 0.612. The maximum absolute atomic E-state index is 2.40. The van der Waals surface area contributed by atoms with Crippen LogP contribution in [0.1, 0.15) is 27.2 Å². The lowest BCUT2D eigenvalue weighted by molar-refractivity contribution is 0.0253. The summed E-state index contributed by atoms with van der Waals surface area (Å²) < 4.78 is 0. The second-order valence-corrected chi connectivity index (χ2v) is 2.83. The first-order valence-electron chi connectivity index (χ1n) is 4.55. The molecule has 0 aliphatic carbocycles. The van der Waals surface area contributed by atoms with Crippen LogP contribution < -0.4 is 0 Å². The van der Waals surface area contributed by atoms with Crippen LogP contribution in [0.5, 0.6) is 0 Å². The van der Waals surface area contributed by atoms with Crippen LogP contribution in [0.3, 0.4) is 0 Å². The Morgan fingerprint density at radius 3 is 2.36 bits per heavy atom. The topological polar surface area (TPSA) is 6.48 Å². The lowest BCUT2D eigenvalue weighted by atomic mass is 10.2.